The van der Waals surface area contributed by atoms with Crippen molar-refractivity contribution < 1.29 is 18.0 Å². The fourth-order valence-corrected chi connectivity index (χ4v) is 3.27. The number of anilines is 1. The molecule has 2 heterocycles. The fraction of sp³-hybridized carbons (Fsp3) is 0.222. The Labute approximate surface area is 136 Å². The van der Waals surface area contributed by atoms with Crippen molar-refractivity contribution in [3.63, 3.8) is 0 Å². The Balaban J connectivity index is 1.89. The lowest BCUT2D eigenvalue weighted by molar-refractivity contribution is -0.137. The average Bonchev–Trinajstić information content (AvgIpc) is 3.10. The number of likely N-dealkylation sites (N-methyl/N-ethyl adjacent to an activating group) is 1. The molecule has 0 bridgehead atoms. The lowest BCUT2D eigenvalue weighted by atomic mass is 9.93. The zero-order chi connectivity index (χ0) is 17.1. The first-order valence-electron chi connectivity index (χ1n) is 7.48. The fourth-order valence-electron chi connectivity index (χ4n) is 3.27. The molecule has 0 spiro atoms. The number of alkyl halides is 3. The van der Waals surface area contributed by atoms with E-state index in [1.165, 1.54) is 6.07 Å². The minimum atomic E-state index is -4.40. The normalized spacial score (nSPS) is 15.8. The monoisotopic (exact) mass is 330 g/mol. The van der Waals surface area contributed by atoms with Crippen molar-refractivity contribution in [2.75, 3.05) is 11.9 Å². The van der Waals surface area contributed by atoms with Crippen molar-refractivity contribution in [1.82, 2.24) is 0 Å². The number of halogens is 3. The third kappa shape index (κ3) is 2.21. The van der Waals surface area contributed by atoms with Gasteiger partial charge in [-0.15, -0.1) is 0 Å². The van der Waals surface area contributed by atoms with Crippen LogP contribution in [0.2, 0.25) is 0 Å². The Morgan fingerprint density at radius 2 is 1.92 bits per heavy atom. The summed E-state index contributed by atoms with van der Waals surface area (Å²) in [5, 5.41) is 0. The molecule has 4 rings (SSSR count). The number of carbonyl (C=O) groups excluding carboxylic acids is 1. The number of aliphatic imine (C=N–C) groups is 1. The topological polar surface area (TPSA) is 32.7 Å². The quantitative estimate of drug-likeness (QED) is 0.782. The molecule has 0 atom stereocenters. The van der Waals surface area contributed by atoms with Gasteiger partial charge in [0, 0.05) is 24.5 Å². The molecule has 1 amide bonds. The zero-order valence-electron chi connectivity index (χ0n) is 12.8. The van der Waals surface area contributed by atoms with E-state index in [9.17, 15) is 18.0 Å². The first kappa shape index (κ1) is 14.9. The van der Waals surface area contributed by atoms with Crippen LogP contribution in [0.15, 0.2) is 35.3 Å². The lowest BCUT2D eigenvalue weighted by Gasteiger charge is -2.15. The van der Waals surface area contributed by atoms with Crippen LogP contribution in [0.4, 0.5) is 18.9 Å². The van der Waals surface area contributed by atoms with Crippen molar-refractivity contribution >= 4 is 17.8 Å². The first-order valence-corrected chi connectivity index (χ1v) is 7.48. The van der Waals surface area contributed by atoms with E-state index in [-0.39, 0.29) is 18.9 Å². The van der Waals surface area contributed by atoms with E-state index < -0.39 is 11.7 Å². The zero-order valence-corrected chi connectivity index (χ0v) is 12.8. The summed E-state index contributed by atoms with van der Waals surface area (Å²) in [4.78, 5) is 17.5. The maximum absolute atomic E-state index is 13.2. The van der Waals surface area contributed by atoms with E-state index in [1.807, 2.05) is 0 Å². The summed E-state index contributed by atoms with van der Waals surface area (Å²) < 4.78 is 39.5. The maximum Gasteiger partial charge on any atom is 0.416 e. The smallest absolute Gasteiger partial charge is 0.315 e. The largest absolute Gasteiger partial charge is 0.416 e. The van der Waals surface area contributed by atoms with E-state index in [2.05, 4.69) is 4.99 Å². The number of carbonyl (C=O) groups is 1. The van der Waals surface area contributed by atoms with Crippen molar-refractivity contribution in [2.24, 2.45) is 4.99 Å². The lowest BCUT2D eigenvalue weighted by Crippen LogP contribution is -2.20. The number of rotatable bonds is 1. The third-order valence-electron chi connectivity index (χ3n) is 4.54. The molecule has 0 unspecified atom stereocenters. The van der Waals surface area contributed by atoms with Crippen LogP contribution >= 0.6 is 0 Å². The molecular weight excluding hydrogens is 317 g/mol. The van der Waals surface area contributed by atoms with E-state index >= 15 is 0 Å². The van der Waals surface area contributed by atoms with Gasteiger partial charge in [0.2, 0.25) is 5.91 Å². The summed E-state index contributed by atoms with van der Waals surface area (Å²) in [5.41, 5.74) is 3.45. The molecule has 24 heavy (non-hydrogen) atoms. The molecule has 2 aliphatic heterocycles. The predicted molar refractivity (Wildman–Crippen MR) is 85.3 cm³/mol. The van der Waals surface area contributed by atoms with E-state index in [4.69, 9.17) is 0 Å². The van der Waals surface area contributed by atoms with Crippen molar-refractivity contribution in [3.8, 4) is 11.1 Å². The first-order chi connectivity index (χ1) is 11.3. The second-order valence-electron chi connectivity index (χ2n) is 6.04. The highest BCUT2D eigenvalue weighted by Crippen LogP contribution is 2.39. The van der Waals surface area contributed by atoms with Crippen LogP contribution in [0.5, 0.6) is 0 Å². The second kappa shape index (κ2) is 4.93. The van der Waals surface area contributed by atoms with Gasteiger partial charge in [0.25, 0.3) is 0 Å². The molecule has 0 radical (unpaired) electrons. The Morgan fingerprint density at radius 3 is 2.67 bits per heavy atom. The van der Waals surface area contributed by atoms with E-state index in [1.54, 1.807) is 36.4 Å². The van der Waals surface area contributed by atoms with E-state index in [0.29, 0.717) is 16.7 Å². The average molecular weight is 330 g/mol. The maximum atomic E-state index is 13.2. The van der Waals surface area contributed by atoms with Gasteiger partial charge in [-0.3, -0.25) is 9.79 Å². The van der Waals surface area contributed by atoms with Gasteiger partial charge in [0.1, 0.15) is 0 Å². The van der Waals surface area contributed by atoms with Crippen LogP contribution < -0.4 is 4.90 Å². The Morgan fingerprint density at radius 1 is 1.12 bits per heavy atom. The molecular formula is C18H13F3N2O. The number of fused-ring (bicyclic) bond motifs is 2. The Bertz CT molecular complexity index is 900. The number of hydrogen-bond donors (Lipinski definition) is 0. The summed E-state index contributed by atoms with van der Waals surface area (Å²) in [5.74, 6) is -0.0158. The van der Waals surface area contributed by atoms with Crippen LogP contribution in [0.1, 0.15) is 22.3 Å². The summed E-state index contributed by atoms with van der Waals surface area (Å²) in [6.07, 6.45) is -2.51. The van der Waals surface area contributed by atoms with Crippen molar-refractivity contribution in [1.29, 1.82) is 0 Å². The molecule has 2 aliphatic rings. The highest BCUT2D eigenvalue weighted by atomic mass is 19.4. The van der Waals surface area contributed by atoms with Crippen LogP contribution in [-0.4, -0.2) is 19.2 Å². The number of hydrogen-bond acceptors (Lipinski definition) is 2. The van der Waals surface area contributed by atoms with Gasteiger partial charge in [-0.2, -0.15) is 13.2 Å². The molecule has 122 valence electrons. The van der Waals surface area contributed by atoms with Gasteiger partial charge < -0.3 is 4.90 Å². The summed E-state index contributed by atoms with van der Waals surface area (Å²) >= 11 is 0. The number of nitrogens with zero attached hydrogens (tertiary/aromatic N) is 2. The Kier molecular flexibility index (Phi) is 3.07. The van der Waals surface area contributed by atoms with Gasteiger partial charge in [0.15, 0.2) is 0 Å². The van der Waals surface area contributed by atoms with Crippen molar-refractivity contribution in [3.05, 3.63) is 52.6 Å². The SMILES string of the molecule is CN1C(=O)Cc2cc(-c3cc(C(F)(F)F)cc4c3C=NC4)ccc21. The van der Waals surface area contributed by atoms with Gasteiger partial charge >= 0.3 is 6.18 Å². The van der Waals surface area contributed by atoms with Crippen LogP contribution in [-0.2, 0) is 23.9 Å². The molecule has 0 saturated carbocycles. The molecule has 0 fully saturated rings. The predicted octanol–water partition coefficient (Wildman–Crippen LogP) is 3.82. The van der Waals surface area contributed by atoms with Crippen molar-refractivity contribution in [2.45, 2.75) is 19.1 Å². The van der Waals surface area contributed by atoms with Gasteiger partial charge in [0.05, 0.1) is 18.5 Å². The minimum Gasteiger partial charge on any atom is -0.315 e. The highest BCUT2D eigenvalue weighted by molar-refractivity contribution is 6.02. The van der Waals surface area contributed by atoms with Gasteiger partial charge in [-0.25, -0.2) is 0 Å². The van der Waals surface area contributed by atoms with Crippen LogP contribution in [0.3, 0.4) is 0 Å². The summed E-state index contributed by atoms with van der Waals surface area (Å²) in [7, 11) is 1.70. The number of amides is 1. The van der Waals surface area contributed by atoms with Crippen LogP contribution in [0.25, 0.3) is 11.1 Å². The summed E-state index contributed by atoms with van der Waals surface area (Å²) in [6.45, 7) is 0.262. The highest BCUT2D eigenvalue weighted by Gasteiger charge is 2.33. The number of benzene rings is 2. The molecule has 0 aromatic heterocycles. The third-order valence-corrected chi connectivity index (χ3v) is 4.54. The van der Waals surface area contributed by atoms with Crippen LogP contribution in [0, 0.1) is 0 Å². The second-order valence-corrected chi connectivity index (χ2v) is 6.04. The summed E-state index contributed by atoms with van der Waals surface area (Å²) in [6, 6.07) is 7.68. The molecule has 3 nitrogen and oxygen atoms in total. The standard InChI is InChI=1S/C18H13F3N2O/c1-23-16-3-2-10(4-11(16)6-17(23)24)14-7-13(18(19,20)21)5-12-8-22-9-15(12)14/h2-5,7,9H,6,8H2,1H3. The Hall–Kier alpha value is -2.63. The van der Waals surface area contributed by atoms with Gasteiger partial charge in [-0.05, 0) is 46.5 Å². The molecule has 0 N–H and O–H groups in total. The molecule has 0 aliphatic carbocycles. The van der Waals surface area contributed by atoms with E-state index in [0.717, 1.165) is 22.9 Å². The molecule has 2 aromatic carbocycles. The van der Waals surface area contributed by atoms with Gasteiger partial charge in [-0.1, -0.05) is 6.07 Å². The molecule has 2 aromatic rings. The molecule has 0 saturated heterocycles. The molecule has 6 heteroatoms. The minimum absolute atomic E-state index is 0.0158.